The first-order valence-corrected chi connectivity index (χ1v) is 15.8. The first-order chi connectivity index (χ1) is 17.7. The molecule has 11 heteroatoms. The normalized spacial score (nSPS) is 23.8. The van der Waals surface area contributed by atoms with E-state index < -0.39 is 20.0 Å². The summed E-state index contributed by atoms with van der Waals surface area (Å²) in [6.45, 7) is 10.8. The van der Waals surface area contributed by atoms with Crippen molar-refractivity contribution in [3.8, 4) is 0 Å². The SMILES string of the molecule is Cc1ccc(S(=O)(=O)N2CCN3CCNCCN(CC3)CCN(S(=O)(=O)c3ccc(C)cc3)CC2)cc1. The number of hydrogen-bond acceptors (Lipinski definition) is 7. The molecule has 0 radical (unpaired) electrons. The van der Waals surface area contributed by atoms with Crippen LogP contribution < -0.4 is 5.32 Å². The number of nitrogens with zero attached hydrogens (tertiary/aromatic N) is 4. The molecule has 2 saturated heterocycles. The zero-order valence-electron chi connectivity index (χ0n) is 21.8. The van der Waals surface area contributed by atoms with Gasteiger partial charge in [-0.25, -0.2) is 16.8 Å². The number of fused-ring (bicyclic) bond motifs is 3. The zero-order chi connectivity index (χ0) is 26.5. The lowest BCUT2D eigenvalue weighted by Crippen LogP contribution is -2.48. The van der Waals surface area contributed by atoms with Crippen LogP contribution in [0.5, 0.6) is 0 Å². The van der Waals surface area contributed by atoms with Gasteiger partial charge in [0, 0.05) is 78.5 Å². The summed E-state index contributed by atoms with van der Waals surface area (Å²) in [4.78, 5) is 5.06. The van der Waals surface area contributed by atoms with E-state index in [1.807, 2.05) is 13.8 Å². The number of nitrogens with one attached hydrogen (secondary N) is 1. The van der Waals surface area contributed by atoms with Crippen molar-refractivity contribution < 1.29 is 16.8 Å². The minimum Gasteiger partial charge on any atom is -0.314 e. The molecule has 2 fully saturated rings. The largest absolute Gasteiger partial charge is 0.314 e. The average Bonchev–Trinajstić information content (AvgIpc) is 2.97. The van der Waals surface area contributed by atoms with Crippen molar-refractivity contribution in [3.63, 3.8) is 0 Å². The average molecular weight is 550 g/mol. The van der Waals surface area contributed by atoms with Crippen molar-refractivity contribution >= 4 is 20.0 Å². The predicted molar refractivity (Wildman–Crippen MR) is 146 cm³/mol. The lowest BCUT2D eigenvalue weighted by atomic mass is 10.2. The fourth-order valence-corrected chi connectivity index (χ4v) is 7.55. The Hall–Kier alpha value is -1.86. The van der Waals surface area contributed by atoms with Gasteiger partial charge in [0.05, 0.1) is 9.79 Å². The van der Waals surface area contributed by atoms with Crippen LogP contribution in [0.3, 0.4) is 0 Å². The van der Waals surface area contributed by atoms with Crippen LogP contribution in [0.1, 0.15) is 11.1 Å². The van der Waals surface area contributed by atoms with Crippen LogP contribution >= 0.6 is 0 Å². The summed E-state index contributed by atoms with van der Waals surface area (Å²) in [6, 6.07) is 13.7. The Bertz CT molecular complexity index is 1140. The minimum atomic E-state index is -3.79. The Morgan fingerprint density at radius 2 is 0.838 bits per heavy atom. The topological polar surface area (TPSA) is 93.3 Å². The molecule has 2 aromatic rings. The number of benzene rings is 2. The van der Waals surface area contributed by atoms with Crippen LogP contribution in [0.15, 0.2) is 58.3 Å². The molecule has 2 bridgehead atoms. The molecular formula is C26H39N5O4S2. The van der Waals surface area contributed by atoms with Gasteiger partial charge in [-0.1, -0.05) is 35.4 Å². The second-order valence-electron chi connectivity index (χ2n) is 9.87. The van der Waals surface area contributed by atoms with Crippen molar-refractivity contribution in [2.75, 3.05) is 78.5 Å². The van der Waals surface area contributed by atoms with Crippen molar-refractivity contribution in [1.29, 1.82) is 0 Å². The van der Waals surface area contributed by atoms with E-state index in [0.717, 1.165) is 50.4 Å². The second-order valence-corrected chi connectivity index (χ2v) is 13.7. The zero-order valence-corrected chi connectivity index (χ0v) is 23.5. The molecule has 204 valence electrons. The van der Waals surface area contributed by atoms with E-state index in [1.165, 1.54) is 8.61 Å². The molecule has 2 aromatic carbocycles. The van der Waals surface area contributed by atoms with E-state index in [4.69, 9.17) is 0 Å². The molecule has 1 N–H and O–H groups in total. The number of hydrogen-bond donors (Lipinski definition) is 1. The van der Waals surface area contributed by atoms with Crippen molar-refractivity contribution in [1.82, 2.24) is 23.7 Å². The summed E-state index contributed by atoms with van der Waals surface area (Å²) >= 11 is 0. The van der Waals surface area contributed by atoms with Gasteiger partial charge < -0.3 is 5.32 Å². The number of rotatable bonds is 4. The highest BCUT2D eigenvalue weighted by Gasteiger charge is 2.30. The maximum atomic E-state index is 13.7. The van der Waals surface area contributed by atoms with E-state index in [0.29, 0.717) is 26.2 Å². The highest BCUT2D eigenvalue weighted by atomic mass is 32.2. The maximum Gasteiger partial charge on any atom is 0.243 e. The molecule has 0 saturated carbocycles. The summed E-state index contributed by atoms with van der Waals surface area (Å²) in [5, 5.41) is 3.45. The number of aryl methyl sites for hydroxylation is 2. The van der Waals surface area contributed by atoms with E-state index >= 15 is 0 Å². The Kier molecular flexibility index (Phi) is 9.38. The van der Waals surface area contributed by atoms with E-state index in [1.54, 1.807) is 48.5 Å². The molecule has 0 amide bonds. The summed E-state index contributed by atoms with van der Waals surface area (Å²) in [5.74, 6) is 0. The molecule has 2 unspecified atom stereocenters. The number of sulfonamides is 2. The third-order valence-corrected chi connectivity index (χ3v) is 11.0. The third-order valence-electron chi connectivity index (χ3n) is 7.19. The summed E-state index contributed by atoms with van der Waals surface area (Å²) < 4.78 is 57.6. The predicted octanol–water partition coefficient (Wildman–Crippen LogP) is 1.21. The lowest BCUT2D eigenvalue weighted by molar-refractivity contribution is 0.190. The summed E-state index contributed by atoms with van der Waals surface area (Å²) in [5.41, 5.74) is 1.97. The third kappa shape index (κ3) is 7.17. The molecule has 2 atom stereocenters. The Balaban J connectivity index is 1.66. The molecule has 2 aliphatic heterocycles. The fraction of sp³-hybridized carbons (Fsp3) is 0.538. The first-order valence-electron chi connectivity index (χ1n) is 13.0. The van der Waals surface area contributed by atoms with Crippen molar-refractivity contribution in [2.45, 2.75) is 23.6 Å². The van der Waals surface area contributed by atoms with E-state index in [2.05, 4.69) is 15.1 Å². The van der Waals surface area contributed by atoms with Gasteiger partial charge in [-0.15, -0.1) is 0 Å². The van der Waals surface area contributed by atoms with Crippen LogP contribution in [0, 0.1) is 13.8 Å². The van der Waals surface area contributed by atoms with Crippen LogP contribution in [-0.2, 0) is 20.0 Å². The molecule has 0 aromatic heterocycles. The summed E-state index contributed by atoms with van der Waals surface area (Å²) in [7, 11) is -7.58. The smallest absolute Gasteiger partial charge is 0.243 e. The first kappa shape index (κ1) is 28.2. The van der Waals surface area contributed by atoms with Gasteiger partial charge in [0.25, 0.3) is 0 Å². The van der Waals surface area contributed by atoms with Gasteiger partial charge >= 0.3 is 0 Å². The van der Waals surface area contributed by atoms with Gasteiger partial charge in [0.15, 0.2) is 0 Å². The van der Waals surface area contributed by atoms with Crippen LogP contribution in [-0.4, -0.2) is 114 Å². The fourth-order valence-electron chi connectivity index (χ4n) is 4.70. The molecular weight excluding hydrogens is 510 g/mol. The van der Waals surface area contributed by atoms with Gasteiger partial charge in [0.1, 0.15) is 0 Å². The highest BCUT2D eigenvalue weighted by Crippen LogP contribution is 2.20. The molecule has 2 heterocycles. The monoisotopic (exact) mass is 549 g/mol. The lowest BCUT2D eigenvalue weighted by Gasteiger charge is -2.33. The summed E-state index contributed by atoms with van der Waals surface area (Å²) in [6.07, 6.45) is 0. The molecule has 0 aliphatic carbocycles. The standard InChI is InChI=1S/C26H39N5O4S2/c1-23-3-7-25(8-4-23)36(32,33)30-19-17-28-13-11-27-12-14-29(16-15-28)18-20-31(22-21-30)37(34,35)26-9-5-24(2)6-10-26/h3-10,27H,11-22H2,1-2H3. The van der Waals surface area contributed by atoms with Crippen LogP contribution in [0.4, 0.5) is 0 Å². The Morgan fingerprint density at radius 3 is 1.22 bits per heavy atom. The van der Waals surface area contributed by atoms with E-state index in [9.17, 15) is 16.8 Å². The van der Waals surface area contributed by atoms with Gasteiger partial charge in [-0.3, -0.25) is 9.80 Å². The highest BCUT2D eigenvalue weighted by molar-refractivity contribution is 7.89. The van der Waals surface area contributed by atoms with Crippen molar-refractivity contribution in [3.05, 3.63) is 59.7 Å². The quantitative estimate of drug-likeness (QED) is 0.613. The molecule has 9 nitrogen and oxygen atoms in total. The van der Waals surface area contributed by atoms with Crippen LogP contribution in [0.2, 0.25) is 0 Å². The van der Waals surface area contributed by atoms with Gasteiger partial charge in [-0.05, 0) is 38.1 Å². The van der Waals surface area contributed by atoms with Crippen LogP contribution in [0.25, 0.3) is 0 Å². The molecule has 0 spiro atoms. The van der Waals surface area contributed by atoms with Crippen molar-refractivity contribution in [2.24, 2.45) is 0 Å². The van der Waals surface area contributed by atoms with Gasteiger partial charge in [0.2, 0.25) is 20.0 Å². The van der Waals surface area contributed by atoms with Gasteiger partial charge in [-0.2, -0.15) is 8.61 Å². The minimum absolute atomic E-state index is 0.0907. The molecule has 37 heavy (non-hydrogen) atoms. The second kappa shape index (κ2) is 12.3. The molecule has 4 rings (SSSR count). The Labute approximate surface area is 222 Å². The van der Waals surface area contributed by atoms with E-state index in [-0.39, 0.29) is 22.9 Å². The maximum absolute atomic E-state index is 13.7. The molecule has 2 aliphatic rings. The Morgan fingerprint density at radius 1 is 0.514 bits per heavy atom.